The van der Waals surface area contributed by atoms with Gasteiger partial charge in [-0.05, 0) is 38.6 Å². The highest BCUT2D eigenvalue weighted by molar-refractivity contribution is 5.39. The molecule has 4 heteroatoms. The van der Waals surface area contributed by atoms with Gasteiger partial charge in [0.25, 0.3) is 0 Å². The second-order valence-corrected chi connectivity index (χ2v) is 5.77. The zero-order valence-electron chi connectivity index (χ0n) is 12.8. The number of nitrogens with zero attached hydrogens (tertiary/aromatic N) is 3. The van der Waals surface area contributed by atoms with Crippen molar-refractivity contribution in [1.82, 2.24) is 9.88 Å². The molecule has 0 bridgehead atoms. The molecule has 0 fully saturated rings. The van der Waals surface area contributed by atoms with Gasteiger partial charge in [-0.25, -0.2) is 4.98 Å². The first-order valence-corrected chi connectivity index (χ1v) is 6.94. The Bertz CT molecular complexity index is 360. The van der Waals surface area contributed by atoms with E-state index in [4.69, 9.17) is 0 Å². The van der Waals surface area contributed by atoms with Crippen LogP contribution < -0.4 is 4.90 Å². The van der Waals surface area contributed by atoms with Gasteiger partial charge in [-0.15, -0.1) is 0 Å². The van der Waals surface area contributed by atoms with Crippen LogP contribution in [0.15, 0.2) is 18.3 Å². The molecule has 0 saturated heterocycles. The number of aliphatic hydroxyl groups is 1. The standard InChI is InChI=1S/C15H27N3O/c1-12(2)11-18(9-8-17(4)5)15-7-6-14(10-16-15)13(3)19/h6-7,10,12-13,19H,8-9,11H2,1-5H3/t13-/m0/s1. The Balaban J connectivity index is 2.77. The minimum Gasteiger partial charge on any atom is -0.389 e. The second kappa shape index (κ2) is 7.46. The third-order valence-corrected chi connectivity index (χ3v) is 2.98. The van der Waals surface area contributed by atoms with Crippen molar-refractivity contribution in [2.75, 3.05) is 38.6 Å². The number of pyridine rings is 1. The number of hydrogen-bond donors (Lipinski definition) is 1. The van der Waals surface area contributed by atoms with Gasteiger partial charge >= 0.3 is 0 Å². The summed E-state index contributed by atoms with van der Waals surface area (Å²) in [4.78, 5) is 8.96. The molecule has 1 aromatic rings. The van der Waals surface area contributed by atoms with Crippen molar-refractivity contribution in [1.29, 1.82) is 0 Å². The van der Waals surface area contributed by atoms with E-state index in [0.29, 0.717) is 5.92 Å². The summed E-state index contributed by atoms with van der Waals surface area (Å²) >= 11 is 0. The Labute approximate surface area is 117 Å². The molecule has 1 rings (SSSR count). The van der Waals surface area contributed by atoms with E-state index in [0.717, 1.165) is 31.0 Å². The zero-order chi connectivity index (χ0) is 14.4. The summed E-state index contributed by atoms with van der Waals surface area (Å²) in [5, 5.41) is 9.51. The first kappa shape index (κ1) is 15.9. The fraction of sp³-hybridized carbons (Fsp3) is 0.667. The van der Waals surface area contributed by atoms with Crippen molar-refractivity contribution in [2.24, 2.45) is 5.92 Å². The molecular formula is C15H27N3O. The van der Waals surface area contributed by atoms with E-state index in [1.165, 1.54) is 0 Å². The molecule has 0 saturated carbocycles. The average molecular weight is 265 g/mol. The predicted octanol–water partition coefficient (Wildman–Crippen LogP) is 2.16. The molecule has 1 atom stereocenters. The van der Waals surface area contributed by atoms with E-state index in [-0.39, 0.29) is 0 Å². The number of likely N-dealkylation sites (N-methyl/N-ethyl adjacent to an activating group) is 1. The summed E-state index contributed by atoms with van der Waals surface area (Å²) in [6, 6.07) is 3.95. The maximum atomic E-state index is 9.51. The number of aliphatic hydroxyl groups excluding tert-OH is 1. The van der Waals surface area contributed by atoms with Crippen molar-refractivity contribution in [3.05, 3.63) is 23.9 Å². The molecule has 0 aliphatic carbocycles. The lowest BCUT2D eigenvalue weighted by molar-refractivity contribution is 0.199. The van der Waals surface area contributed by atoms with Crippen LogP contribution in [0.4, 0.5) is 5.82 Å². The molecule has 0 unspecified atom stereocenters. The van der Waals surface area contributed by atoms with Gasteiger partial charge in [0.1, 0.15) is 5.82 Å². The van der Waals surface area contributed by atoms with Crippen molar-refractivity contribution < 1.29 is 5.11 Å². The van der Waals surface area contributed by atoms with E-state index in [2.05, 4.69) is 42.7 Å². The first-order valence-electron chi connectivity index (χ1n) is 6.94. The first-order chi connectivity index (χ1) is 8.90. The lowest BCUT2D eigenvalue weighted by Crippen LogP contribution is -2.34. The van der Waals surface area contributed by atoms with Crippen LogP contribution in [0.1, 0.15) is 32.4 Å². The lowest BCUT2D eigenvalue weighted by atomic mass is 10.1. The summed E-state index contributed by atoms with van der Waals surface area (Å²) in [6.45, 7) is 9.15. The predicted molar refractivity (Wildman–Crippen MR) is 80.5 cm³/mol. The Morgan fingerprint density at radius 1 is 1.16 bits per heavy atom. The summed E-state index contributed by atoms with van der Waals surface area (Å²) in [5.41, 5.74) is 0.862. The molecule has 4 nitrogen and oxygen atoms in total. The minimum atomic E-state index is -0.457. The topological polar surface area (TPSA) is 39.6 Å². The third-order valence-electron chi connectivity index (χ3n) is 2.98. The van der Waals surface area contributed by atoms with E-state index >= 15 is 0 Å². The Kier molecular flexibility index (Phi) is 6.25. The molecule has 0 radical (unpaired) electrons. The van der Waals surface area contributed by atoms with Crippen molar-refractivity contribution in [3.63, 3.8) is 0 Å². The molecule has 1 N–H and O–H groups in total. The van der Waals surface area contributed by atoms with E-state index in [9.17, 15) is 5.11 Å². The second-order valence-electron chi connectivity index (χ2n) is 5.77. The van der Waals surface area contributed by atoms with Gasteiger partial charge in [-0.1, -0.05) is 19.9 Å². The largest absolute Gasteiger partial charge is 0.389 e. The van der Waals surface area contributed by atoms with E-state index in [1.807, 2.05) is 12.1 Å². The lowest BCUT2D eigenvalue weighted by Gasteiger charge is -2.27. The summed E-state index contributed by atoms with van der Waals surface area (Å²) in [6.07, 6.45) is 1.31. The highest BCUT2D eigenvalue weighted by Crippen LogP contribution is 2.16. The van der Waals surface area contributed by atoms with Crippen LogP contribution in [0.25, 0.3) is 0 Å². The molecule has 0 aliphatic heterocycles. The number of anilines is 1. The monoisotopic (exact) mass is 265 g/mol. The summed E-state index contributed by atoms with van der Waals surface area (Å²) in [5.74, 6) is 1.58. The molecule has 0 spiro atoms. The van der Waals surface area contributed by atoms with Crippen LogP contribution in [0.3, 0.4) is 0 Å². The smallest absolute Gasteiger partial charge is 0.128 e. The molecular weight excluding hydrogens is 238 g/mol. The Hall–Kier alpha value is -1.13. The van der Waals surface area contributed by atoms with E-state index in [1.54, 1.807) is 13.1 Å². The minimum absolute atomic E-state index is 0.457. The number of aromatic nitrogens is 1. The van der Waals surface area contributed by atoms with Crippen molar-refractivity contribution >= 4 is 5.82 Å². The van der Waals surface area contributed by atoms with E-state index < -0.39 is 6.10 Å². The van der Waals surface area contributed by atoms with Gasteiger partial charge in [-0.3, -0.25) is 0 Å². The average Bonchev–Trinajstić information content (AvgIpc) is 2.34. The number of hydrogen-bond acceptors (Lipinski definition) is 4. The fourth-order valence-corrected chi connectivity index (χ4v) is 1.89. The Morgan fingerprint density at radius 2 is 1.84 bits per heavy atom. The Morgan fingerprint density at radius 3 is 2.26 bits per heavy atom. The zero-order valence-corrected chi connectivity index (χ0v) is 12.8. The summed E-state index contributed by atoms with van der Waals surface area (Å²) < 4.78 is 0. The highest BCUT2D eigenvalue weighted by atomic mass is 16.3. The van der Waals surface area contributed by atoms with Gasteiger partial charge in [0, 0.05) is 25.8 Å². The molecule has 1 aromatic heterocycles. The van der Waals surface area contributed by atoms with Crippen LogP contribution in [0.2, 0.25) is 0 Å². The highest BCUT2D eigenvalue weighted by Gasteiger charge is 2.11. The van der Waals surface area contributed by atoms with Gasteiger partial charge in [-0.2, -0.15) is 0 Å². The number of rotatable bonds is 7. The molecule has 19 heavy (non-hydrogen) atoms. The van der Waals surface area contributed by atoms with Crippen LogP contribution in [-0.2, 0) is 0 Å². The van der Waals surface area contributed by atoms with Crippen molar-refractivity contribution in [3.8, 4) is 0 Å². The van der Waals surface area contributed by atoms with Gasteiger partial charge in [0.05, 0.1) is 6.10 Å². The summed E-state index contributed by atoms with van der Waals surface area (Å²) in [7, 11) is 4.16. The molecule has 0 amide bonds. The van der Waals surface area contributed by atoms with Crippen molar-refractivity contribution in [2.45, 2.75) is 26.9 Å². The quantitative estimate of drug-likeness (QED) is 0.820. The normalized spacial score (nSPS) is 13.1. The molecule has 0 aliphatic rings. The SMILES string of the molecule is CC(C)CN(CCN(C)C)c1ccc([C@H](C)O)cn1. The van der Waals surface area contributed by atoms with Crippen LogP contribution in [0, 0.1) is 5.92 Å². The molecule has 1 heterocycles. The maximum Gasteiger partial charge on any atom is 0.128 e. The maximum absolute atomic E-state index is 9.51. The van der Waals surface area contributed by atoms with Gasteiger partial charge < -0.3 is 14.9 Å². The fourth-order valence-electron chi connectivity index (χ4n) is 1.89. The van der Waals surface area contributed by atoms with Crippen LogP contribution in [0.5, 0.6) is 0 Å². The van der Waals surface area contributed by atoms with Gasteiger partial charge in [0.2, 0.25) is 0 Å². The third kappa shape index (κ3) is 5.57. The molecule has 0 aromatic carbocycles. The molecule has 108 valence electrons. The van der Waals surface area contributed by atoms with Crippen LogP contribution >= 0.6 is 0 Å². The van der Waals surface area contributed by atoms with Gasteiger partial charge in [0.15, 0.2) is 0 Å². The van der Waals surface area contributed by atoms with Crippen LogP contribution in [-0.4, -0.2) is 48.7 Å².